The summed E-state index contributed by atoms with van der Waals surface area (Å²) in [5.74, 6) is 1.41. The van der Waals surface area contributed by atoms with Crippen molar-refractivity contribution >= 4 is 11.6 Å². The van der Waals surface area contributed by atoms with Gasteiger partial charge >= 0.3 is 0 Å². The third-order valence-corrected chi connectivity index (χ3v) is 4.00. The van der Waals surface area contributed by atoms with Gasteiger partial charge in [0.1, 0.15) is 0 Å². The quantitative estimate of drug-likeness (QED) is 0.687. The van der Waals surface area contributed by atoms with Crippen LogP contribution in [0.1, 0.15) is 42.6 Å². The average Bonchev–Trinajstić information content (AvgIpc) is 2.66. The molecule has 0 saturated carbocycles. The van der Waals surface area contributed by atoms with Gasteiger partial charge in [0.05, 0.1) is 13.7 Å². The van der Waals surface area contributed by atoms with Gasteiger partial charge in [-0.05, 0) is 54.8 Å². The van der Waals surface area contributed by atoms with E-state index in [-0.39, 0.29) is 5.91 Å². The molecule has 0 atom stereocenters. The van der Waals surface area contributed by atoms with Crippen LogP contribution in [-0.2, 0) is 6.54 Å². The number of rotatable bonds is 9. The number of hydrogen-bond acceptors (Lipinski definition) is 4. The van der Waals surface area contributed by atoms with Gasteiger partial charge in [0.15, 0.2) is 11.5 Å². The van der Waals surface area contributed by atoms with E-state index in [4.69, 9.17) is 15.2 Å². The van der Waals surface area contributed by atoms with Crippen molar-refractivity contribution in [2.24, 2.45) is 0 Å². The molecule has 2 N–H and O–H groups in total. The lowest BCUT2D eigenvalue weighted by molar-refractivity contribution is 0.0743. The molecule has 0 radical (unpaired) electrons. The summed E-state index contributed by atoms with van der Waals surface area (Å²) >= 11 is 0. The molecule has 1 amide bonds. The van der Waals surface area contributed by atoms with Gasteiger partial charge in [0.2, 0.25) is 0 Å². The fourth-order valence-electron chi connectivity index (χ4n) is 2.69. The van der Waals surface area contributed by atoms with Crippen LogP contribution in [0, 0.1) is 0 Å². The van der Waals surface area contributed by atoms with Gasteiger partial charge in [0, 0.05) is 24.3 Å². The summed E-state index contributed by atoms with van der Waals surface area (Å²) in [4.78, 5) is 14.7. The summed E-state index contributed by atoms with van der Waals surface area (Å²) in [6.45, 7) is 5.96. The molecule has 26 heavy (non-hydrogen) atoms. The van der Waals surface area contributed by atoms with Gasteiger partial charge in [-0.2, -0.15) is 0 Å². The zero-order valence-electron chi connectivity index (χ0n) is 15.8. The van der Waals surface area contributed by atoms with Crippen molar-refractivity contribution in [1.29, 1.82) is 0 Å². The van der Waals surface area contributed by atoms with Crippen molar-refractivity contribution in [2.45, 2.75) is 33.2 Å². The molecule has 0 bridgehead atoms. The van der Waals surface area contributed by atoms with Crippen LogP contribution >= 0.6 is 0 Å². The molecule has 0 aliphatic heterocycles. The number of hydrogen-bond donors (Lipinski definition) is 1. The Hall–Kier alpha value is -2.69. The molecule has 2 aromatic carbocycles. The number of nitrogen functional groups attached to an aromatic ring is 1. The van der Waals surface area contributed by atoms with E-state index in [1.165, 1.54) is 0 Å². The summed E-state index contributed by atoms with van der Waals surface area (Å²) in [6, 6.07) is 12.9. The molecule has 0 aromatic heterocycles. The smallest absolute Gasteiger partial charge is 0.254 e. The number of methoxy groups -OCH3 is 1. The van der Waals surface area contributed by atoms with Crippen molar-refractivity contribution in [1.82, 2.24) is 4.90 Å². The minimum atomic E-state index is -0.00266. The van der Waals surface area contributed by atoms with Crippen LogP contribution in [0.3, 0.4) is 0 Å². The van der Waals surface area contributed by atoms with Crippen molar-refractivity contribution in [3.63, 3.8) is 0 Å². The molecular formula is C21H28N2O3. The van der Waals surface area contributed by atoms with E-state index in [1.54, 1.807) is 31.4 Å². The molecule has 5 nitrogen and oxygen atoms in total. The Morgan fingerprint density at radius 3 is 2.38 bits per heavy atom. The molecular weight excluding hydrogens is 328 g/mol. The van der Waals surface area contributed by atoms with Gasteiger partial charge in [0.25, 0.3) is 5.91 Å². The maximum absolute atomic E-state index is 12.8. The number of amides is 1. The molecule has 0 aliphatic rings. The molecule has 0 aliphatic carbocycles. The summed E-state index contributed by atoms with van der Waals surface area (Å²) in [5.41, 5.74) is 8.01. The van der Waals surface area contributed by atoms with E-state index in [2.05, 4.69) is 13.8 Å². The third-order valence-electron chi connectivity index (χ3n) is 4.00. The van der Waals surface area contributed by atoms with Crippen LogP contribution in [0.4, 0.5) is 5.69 Å². The number of carbonyl (C=O) groups is 1. The average molecular weight is 356 g/mol. The number of nitrogens with two attached hydrogens (primary N) is 1. The first kappa shape index (κ1) is 19.6. The third kappa shape index (κ3) is 5.15. The Bertz CT molecular complexity index is 714. The molecule has 140 valence electrons. The van der Waals surface area contributed by atoms with E-state index in [9.17, 15) is 4.79 Å². The molecule has 0 fully saturated rings. The summed E-state index contributed by atoms with van der Waals surface area (Å²) in [7, 11) is 1.63. The minimum Gasteiger partial charge on any atom is -0.493 e. The molecule has 0 heterocycles. The fraction of sp³-hybridized carbons (Fsp3) is 0.381. The van der Waals surface area contributed by atoms with Gasteiger partial charge < -0.3 is 20.1 Å². The Morgan fingerprint density at radius 2 is 1.77 bits per heavy atom. The maximum Gasteiger partial charge on any atom is 0.254 e. The number of nitrogens with zero attached hydrogens (tertiary/aromatic N) is 1. The topological polar surface area (TPSA) is 64.8 Å². The van der Waals surface area contributed by atoms with Gasteiger partial charge in [-0.3, -0.25) is 4.79 Å². The molecule has 5 heteroatoms. The highest BCUT2D eigenvalue weighted by Gasteiger charge is 2.16. The van der Waals surface area contributed by atoms with Gasteiger partial charge in [-0.15, -0.1) is 0 Å². The number of ether oxygens (including phenoxy) is 2. The summed E-state index contributed by atoms with van der Waals surface area (Å²) in [6.07, 6.45) is 1.82. The summed E-state index contributed by atoms with van der Waals surface area (Å²) in [5, 5.41) is 0. The zero-order valence-corrected chi connectivity index (χ0v) is 15.8. The van der Waals surface area contributed by atoms with Crippen molar-refractivity contribution in [2.75, 3.05) is 26.0 Å². The minimum absolute atomic E-state index is 0.00266. The molecule has 2 rings (SSSR count). The van der Waals surface area contributed by atoms with E-state index < -0.39 is 0 Å². The first-order valence-electron chi connectivity index (χ1n) is 9.03. The summed E-state index contributed by atoms with van der Waals surface area (Å²) < 4.78 is 11.1. The Balaban J connectivity index is 2.18. The standard InChI is InChI=1S/C21H28N2O3/c1-4-12-23(21(24)17-7-9-18(22)10-8-17)15-16-6-11-19(26-13-5-2)20(14-16)25-3/h6-11,14H,4-5,12-13,15,22H2,1-3H3. The number of carbonyl (C=O) groups excluding carboxylic acids is 1. The van der Waals surface area contributed by atoms with Crippen molar-refractivity contribution in [3.05, 3.63) is 53.6 Å². The second-order valence-corrected chi connectivity index (χ2v) is 6.18. The zero-order chi connectivity index (χ0) is 18.9. The maximum atomic E-state index is 12.8. The van der Waals surface area contributed by atoms with Crippen molar-refractivity contribution in [3.8, 4) is 11.5 Å². The SMILES string of the molecule is CCCOc1ccc(CN(CCC)C(=O)c2ccc(N)cc2)cc1OC. The van der Waals surface area contributed by atoms with Crippen LogP contribution in [0.5, 0.6) is 11.5 Å². The lowest BCUT2D eigenvalue weighted by Gasteiger charge is -2.23. The van der Waals surface area contributed by atoms with E-state index >= 15 is 0 Å². The second kappa shape index (κ2) is 9.70. The van der Waals surface area contributed by atoms with E-state index in [1.807, 2.05) is 23.1 Å². The Morgan fingerprint density at radius 1 is 1.04 bits per heavy atom. The lowest BCUT2D eigenvalue weighted by atomic mass is 10.1. The largest absolute Gasteiger partial charge is 0.493 e. The monoisotopic (exact) mass is 356 g/mol. The lowest BCUT2D eigenvalue weighted by Crippen LogP contribution is -2.31. The number of anilines is 1. The van der Waals surface area contributed by atoms with Gasteiger partial charge in [-0.25, -0.2) is 0 Å². The highest BCUT2D eigenvalue weighted by Crippen LogP contribution is 2.29. The second-order valence-electron chi connectivity index (χ2n) is 6.18. The van der Waals surface area contributed by atoms with Crippen LogP contribution in [0.25, 0.3) is 0 Å². The van der Waals surface area contributed by atoms with Crippen LogP contribution in [0.15, 0.2) is 42.5 Å². The van der Waals surface area contributed by atoms with Crippen LogP contribution < -0.4 is 15.2 Å². The molecule has 0 spiro atoms. The predicted molar refractivity (Wildman–Crippen MR) is 105 cm³/mol. The highest BCUT2D eigenvalue weighted by atomic mass is 16.5. The Kier molecular flexibility index (Phi) is 7.33. The first-order valence-corrected chi connectivity index (χ1v) is 9.03. The fourth-order valence-corrected chi connectivity index (χ4v) is 2.69. The molecule has 2 aromatic rings. The van der Waals surface area contributed by atoms with Crippen molar-refractivity contribution < 1.29 is 14.3 Å². The molecule has 0 saturated heterocycles. The normalized spacial score (nSPS) is 10.4. The highest BCUT2D eigenvalue weighted by molar-refractivity contribution is 5.94. The van der Waals surface area contributed by atoms with E-state index in [0.717, 1.165) is 24.2 Å². The van der Waals surface area contributed by atoms with Crippen LogP contribution in [0.2, 0.25) is 0 Å². The predicted octanol–water partition coefficient (Wildman–Crippen LogP) is 4.12. The van der Waals surface area contributed by atoms with Gasteiger partial charge in [-0.1, -0.05) is 19.9 Å². The van der Waals surface area contributed by atoms with E-state index in [0.29, 0.717) is 36.7 Å². The number of benzene rings is 2. The van der Waals surface area contributed by atoms with Crippen LogP contribution in [-0.4, -0.2) is 31.1 Å². The molecule has 0 unspecified atom stereocenters. The first-order chi connectivity index (χ1) is 12.6. The Labute approximate surface area is 155 Å².